The summed E-state index contributed by atoms with van der Waals surface area (Å²) in [5.41, 5.74) is 0.401. The minimum Gasteiger partial charge on any atom is -0.463 e. The third-order valence-electron chi connectivity index (χ3n) is 1.83. The van der Waals surface area contributed by atoms with Crippen LogP contribution in [0.15, 0.2) is 18.5 Å². The monoisotopic (exact) mass is 224 g/mol. The maximum atomic E-state index is 11.2. The Morgan fingerprint density at radius 2 is 2.44 bits per heavy atom. The number of carbonyl (C=O) groups excluding carboxylic acids is 1. The summed E-state index contributed by atoms with van der Waals surface area (Å²) in [5, 5.41) is 7.10. The van der Waals surface area contributed by atoms with Crippen LogP contribution in [0.5, 0.6) is 0 Å². The normalized spacial score (nSPS) is 10.1. The second kappa shape index (κ2) is 6.02. The van der Waals surface area contributed by atoms with E-state index in [0.717, 1.165) is 0 Å². The summed E-state index contributed by atoms with van der Waals surface area (Å²) in [7, 11) is 1.80. The molecule has 0 aliphatic carbocycles. The van der Waals surface area contributed by atoms with Crippen molar-refractivity contribution < 1.29 is 9.53 Å². The summed E-state index contributed by atoms with van der Waals surface area (Å²) in [6.07, 6.45) is 1.62. The van der Waals surface area contributed by atoms with Gasteiger partial charge in [0.15, 0.2) is 5.82 Å². The number of ether oxygens (including phenoxy) is 1. The van der Waals surface area contributed by atoms with Gasteiger partial charge in [-0.25, -0.2) is 9.78 Å². The van der Waals surface area contributed by atoms with Crippen LogP contribution in [0.3, 0.4) is 0 Å². The Morgan fingerprint density at radius 1 is 1.69 bits per heavy atom. The van der Waals surface area contributed by atoms with E-state index in [1.165, 1.54) is 0 Å². The first-order valence-corrected chi connectivity index (χ1v) is 5.03. The SMILES string of the molecule is C=C(CNCc1ncn(C)n1)C(=O)OCC. The highest BCUT2D eigenvalue weighted by Crippen LogP contribution is 1.94. The highest BCUT2D eigenvalue weighted by atomic mass is 16.5. The van der Waals surface area contributed by atoms with Gasteiger partial charge in [0.05, 0.1) is 13.2 Å². The average molecular weight is 224 g/mol. The second-order valence-electron chi connectivity index (χ2n) is 3.26. The molecule has 1 aromatic heterocycles. The largest absolute Gasteiger partial charge is 0.463 e. The molecule has 0 aliphatic heterocycles. The molecule has 1 aromatic rings. The summed E-state index contributed by atoms with van der Waals surface area (Å²) in [6.45, 7) is 6.62. The van der Waals surface area contributed by atoms with Gasteiger partial charge in [0.2, 0.25) is 0 Å². The molecule has 0 aliphatic rings. The van der Waals surface area contributed by atoms with Crippen molar-refractivity contribution in [3.63, 3.8) is 0 Å². The van der Waals surface area contributed by atoms with E-state index in [1.807, 2.05) is 0 Å². The van der Waals surface area contributed by atoms with Crippen molar-refractivity contribution in [3.8, 4) is 0 Å². The summed E-state index contributed by atoms with van der Waals surface area (Å²) in [4.78, 5) is 15.2. The number of carbonyl (C=O) groups is 1. The van der Waals surface area contributed by atoms with E-state index >= 15 is 0 Å². The fraction of sp³-hybridized carbons (Fsp3) is 0.500. The minimum atomic E-state index is -0.371. The van der Waals surface area contributed by atoms with Crippen LogP contribution >= 0.6 is 0 Å². The van der Waals surface area contributed by atoms with Gasteiger partial charge >= 0.3 is 5.97 Å². The van der Waals surface area contributed by atoms with Crippen LogP contribution in [-0.2, 0) is 23.1 Å². The van der Waals surface area contributed by atoms with Gasteiger partial charge in [-0.1, -0.05) is 6.58 Å². The summed E-state index contributed by atoms with van der Waals surface area (Å²) >= 11 is 0. The van der Waals surface area contributed by atoms with E-state index in [0.29, 0.717) is 31.1 Å². The molecular weight excluding hydrogens is 208 g/mol. The lowest BCUT2D eigenvalue weighted by Crippen LogP contribution is -2.22. The fourth-order valence-corrected chi connectivity index (χ4v) is 1.10. The van der Waals surface area contributed by atoms with Gasteiger partial charge in [-0.3, -0.25) is 4.68 Å². The van der Waals surface area contributed by atoms with E-state index in [9.17, 15) is 4.79 Å². The van der Waals surface area contributed by atoms with Crippen molar-refractivity contribution in [1.29, 1.82) is 0 Å². The fourth-order valence-electron chi connectivity index (χ4n) is 1.10. The van der Waals surface area contributed by atoms with E-state index in [1.54, 1.807) is 25.0 Å². The predicted molar refractivity (Wildman–Crippen MR) is 58.5 cm³/mol. The number of esters is 1. The Hall–Kier alpha value is -1.69. The summed E-state index contributed by atoms with van der Waals surface area (Å²) in [5.74, 6) is 0.308. The number of hydrogen-bond acceptors (Lipinski definition) is 5. The molecule has 16 heavy (non-hydrogen) atoms. The zero-order valence-corrected chi connectivity index (χ0v) is 9.56. The standard InChI is InChI=1S/C10H16N4O2/c1-4-16-10(15)8(2)5-11-6-9-12-7-14(3)13-9/h7,11H,2,4-6H2,1,3H3. The first kappa shape index (κ1) is 12.4. The Kier molecular flexibility index (Phi) is 4.65. The molecule has 88 valence electrons. The zero-order valence-electron chi connectivity index (χ0n) is 9.56. The first-order valence-electron chi connectivity index (χ1n) is 5.03. The molecular formula is C10H16N4O2. The molecule has 0 aromatic carbocycles. The Morgan fingerprint density at radius 3 is 3.00 bits per heavy atom. The van der Waals surface area contributed by atoms with Gasteiger partial charge < -0.3 is 10.1 Å². The highest BCUT2D eigenvalue weighted by Gasteiger charge is 2.07. The molecule has 0 bridgehead atoms. The van der Waals surface area contributed by atoms with Gasteiger partial charge in [-0.05, 0) is 6.92 Å². The van der Waals surface area contributed by atoms with Gasteiger partial charge in [0.25, 0.3) is 0 Å². The molecule has 0 atom stereocenters. The number of aromatic nitrogens is 3. The van der Waals surface area contributed by atoms with E-state index in [-0.39, 0.29) is 5.97 Å². The lowest BCUT2D eigenvalue weighted by molar-refractivity contribution is -0.138. The van der Waals surface area contributed by atoms with Crippen LogP contribution in [0.25, 0.3) is 0 Å². The maximum Gasteiger partial charge on any atom is 0.334 e. The lowest BCUT2D eigenvalue weighted by Gasteiger charge is -2.05. The molecule has 0 spiro atoms. The number of nitrogens with zero attached hydrogens (tertiary/aromatic N) is 3. The molecule has 1 heterocycles. The maximum absolute atomic E-state index is 11.2. The minimum absolute atomic E-state index is 0.361. The molecule has 0 unspecified atom stereocenters. The lowest BCUT2D eigenvalue weighted by atomic mass is 10.3. The quantitative estimate of drug-likeness (QED) is 0.545. The van der Waals surface area contributed by atoms with Crippen LogP contribution in [-0.4, -0.2) is 33.9 Å². The summed E-state index contributed by atoms with van der Waals surface area (Å²) < 4.78 is 6.42. The van der Waals surface area contributed by atoms with Gasteiger partial charge in [-0.2, -0.15) is 5.10 Å². The van der Waals surface area contributed by atoms with E-state index in [4.69, 9.17) is 4.74 Å². The first-order chi connectivity index (χ1) is 7.63. The Labute approximate surface area is 94.3 Å². The van der Waals surface area contributed by atoms with Crippen LogP contribution in [0.2, 0.25) is 0 Å². The predicted octanol–water partition coefficient (Wildman–Crippen LogP) is 0.0240. The molecule has 0 amide bonds. The molecule has 6 nitrogen and oxygen atoms in total. The van der Waals surface area contributed by atoms with Gasteiger partial charge in [0.1, 0.15) is 6.33 Å². The van der Waals surface area contributed by atoms with Crippen molar-refractivity contribution in [1.82, 2.24) is 20.1 Å². The number of hydrogen-bond donors (Lipinski definition) is 1. The van der Waals surface area contributed by atoms with Crippen LogP contribution in [0.1, 0.15) is 12.7 Å². The number of rotatable bonds is 6. The summed E-state index contributed by atoms with van der Waals surface area (Å²) in [6, 6.07) is 0. The van der Waals surface area contributed by atoms with Crippen molar-refractivity contribution in [2.75, 3.05) is 13.2 Å². The zero-order chi connectivity index (χ0) is 12.0. The molecule has 0 saturated carbocycles. The van der Waals surface area contributed by atoms with Crippen LogP contribution in [0, 0.1) is 0 Å². The van der Waals surface area contributed by atoms with Crippen molar-refractivity contribution in [3.05, 3.63) is 24.3 Å². The Bertz CT molecular complexity index is 373. The molecule has 0 saturated heterocycles. The van der Waals surface area contributed by atoms with Crippen molar-refractivity contribution >= 4 is 5.97 Å². The third-order valence-corrected chi connectivity index (χ3v) is 1.83. The average Bonchev–Trinajstić information content (AvgIpc) is 2.64. The van der Waals surface area contributed by atoms with Crippen molar-refractivity contribution in [2.24, 2.45) is 7.05 Å². The van der Waals surface area contributed by atoms with Crippen molar-refractivity contribution in [2.45, 2.75) is 13.5 Å². The smallest absolute Gasteiger partial charge is 0.334 e. The third kappa shape index (κ3) is 3.82. The number of aryl methyl sites for hydroxylation is 1. The van der Waals surface area contributed by atoms with E-state index < -0.39 is 0 Å². The molecule has 0 fully saturated rings. The van der Waals surface area contributed by atoms with Crippen LogP contribution in [0.4, 0.5) is 0 Å². The number of nitrogens with one attached hydrogen (secondary N) is 1. The second-order valence-corrected chi connectivity index (χ2v) is 3.26. The van der Waals surface area contributed by atoms with Gasteiger partial charge in [-0.15, -0.1) is 0 Å². The van der Waals surface area contributed by atoms with Gasteiger partial charge in [0, 0.05) is 19.2 Å². The topological polar surface area (TPSA) is 69.0 Å². The molecule has 1 rings (SSSR count). The molecule has 0 radical (unpaired) electrons. The van der Waals surface area contributed by atoms with Crippen LogP contribution < -0.4 is 5.32 Å². The Balaban J connectivity index is 2.25. The van der Waals surface area contributed by atoms with E-state index in [2.05, 4.69) is 22.0 Å². The molecule has 6 heteroatoms. The highest BCUT2D eigenvalue weighted by molar-refractivity contribution is 5.88. The molecule has 1 N–H and O–H groups in total.